The molecule has 0 bridgehead atoms. The molecule has 8 heteroatoms. The Morgan fingerprint density at radius 3 is 2.62 bits per heavy atom. The number of nitrogens with zero attached hydrogens (tertiary/aromatic N) is 2. The quantitative estimate of drug-likeness (QED) is 0.825. The van der Waals surface area contributed by atoms with Gasteiger partial charge in [0.25, 0.3) is 0 Å². The van der Waals surface area contributed by atoms with Gasteiger partial charge in [-0.1, -0.05) is 12.1 Å². The number of fused-ring (bicyclic) bond motifs is 1. The summed E-state index contributed by atoms with van der Waals surface area (Å²) in [7, 11) is -3.15. The molecule has 152 valence electrons. The molecule has 3 heterocycles. The van der Waals surface area contributed by atoms with Crippen LogP contribution in [-0.4, -0.2) is 46.0 Å². The zero-order valence-corrected chi connectivity index (χ0v) is 17.0. The molecule has 2 aromatic carbocycles. The van der Waals surface area contributed by atoms with Gasteiger partial charge >= 0.3 is 0 Å². The van der Waals surface area contributed by atoms with Crippen molar-refractivity contribution in [1.82, 2.24) is 10.3 Å². The molecule has 3 aliphatic heterocycles. The van der Waals surface area contributed by atoms with Crippen molar-refractivity contribution >= 4 is 15.5 Å². The molecule has 0 unspecified atom stereocenters. The van der Waals surface area contributed by atoms with Crippen LogP contribution in [0.5, 0.6) is 11.5 Å². The molecule has 0 amide bonds. The van der Waals surface area contributed by atoms with E-state index in [0.29, 0.717) is 4.90 Å². The molecule has 0 atom stereocenters. The minimum atomic E-state index is -3.15. The van der Waals surface area contributed by atoms with Crippen LogP contribution in [0.25, 0.3) is 0 Å². The highest BCUT2D eigenvalue weighted by Gasteiger charge is 2.28. The zero-order chi connectivity index (χ0) is 20.0. The minimum Gasteiger partial charge on any atom is -0.454 e. The Morgan fingerprint density at radius 1 is 1.03 bits per heavy atom. The van der Waals surface area contributed by atoms with Crippen molar-refractivity contribution in [3.05, 3.63) is 59.3 Å². The van der Waals surface area contributed by atoms with Crippen molar-refractivity contribution in [1.29, 1.82) is 0 Å². The van der Waals surface area contributed by atoms with E-state index in [1.807, 2.05) is 30.3 Å². The topological polar surface area (TPSA) is 71.1 Å². The first kappa shape index (κ1) is 18.3. The van der Waals surface area contributed by atoms with Gasteiger partial charge in [-0.2, -0.15) is 0 Å². The third kappa shape index (κ3) is 3.65. The average Bonchev–Trinajstić information content (AvgIpc) is 3.33. The summed E-state index contributed by atoms with van der Waals surface area (Å²) >= 11 is 0. The highest BCUT2D eigenvalue weighted by Crippen LogP contribution is 2.36. The number of benzene rings is 2. The lowest BCUT2D eigenvalue weighted by molar-refractivity contribution is 0.174. The first-order valence-electron chi connectivity index (χ1n) is 9.62. The maximum atomic E-state index is 11.6. The number of rotatable bonds is 4. The van der Waals surface area contributed by atoms with Crippen LogP contribution in [0, 0.1) is 0 Å². The summed E-state index contributed by atoms with van der Waals surface area (Å²) in [4.78, 5) is 2.77. The normalized spacial score (nSPS) is 18.7. The third-order valence-electron chi connectivity index (χ3n) is 5.56. The van der Waals surface area contributed by atoms with Crippen LogP contribution in [0.1, 0.15) is 12.0 Å². The van der Waals surface area contributed by atoms with Gasteiger partial charge in [0.15, 0.2) is 21.3 Å². The average molecular weight is 413 g/mol. The van der Waals surface area contributed by atoms with E-state index in [2.05, 4.69) is 15.3 Å². The molecular formula is C21H23N3O4S. The molecule has 0 fully saturated rings. The largest absolute Gasteiger partial charge is 0.454 e. The van der Waals surface area contributed by atoms with Crippen molar-refractivity contribution in [2.45, 2.75) is 17.9 Å². The molecule has 0 saturated carbocycles. The Morgan fingerprint density at radius 2 is 1.83 bits per heavy atom. The molecular weight excluding hydrogens is 390 g/mol. The van der Waals surface area contributed by atoms with E-state index in [9.17, 15) is 8.42 Å². The van der Waals surface area contributed by atoms with Gasteiger partial charge in [-0.15, -0.1) is 0 Å². The third-order valence-corrected chi connectivity index (χ3v) is 6.69. The highest BCUT2D eigenvalue weighted by molar-refractivity contribution is 7.90. The standard InChI is InChI=1S/C21H23N3O4S/c1-29(25,26)18-5-2-15(3-6-18)11-23-9-8-19-16(12-23)13-24(22-19)17-4-7-20-21(10-17)28-14-27-20/h2-7,10,22H,8-9,11-14H2,1H3. The first-order valence-corrected chi connectivity index (χ1v) is 11.5. The predicted octanol–water partition coefficient (Wildman–Crippen LogP) is 2.30. The van der Waals surface area contributed by atoms with Crippen molar-refractivity contribution in [3.8, 4) is 11.5 Å². The number of hydrogen-bond acceptors (Lipinski definition) is 7. The fraction of sp³-hybridized carbons (Fsp3) is 0.333. The van der Waals surface area contributed by atoms with Gasteiger partial charge in [-0.3, -0.25) is 9.91 Å². The van der Waals surface area contributed by atoms with Gasteiger partial charge in [0.05, 0.1) is 17.1 Å². The molecule has 0 aliphatic carbocycles. The second kappa shape index (κ2) is 6.96. The second-order valence-electron chi connectivity index (χ2n) is 7.69. The molecule has 0 aromatic heterocycles. The molecule has 7 nitrogen and oxygen atoms in total. The van der Waals surface area contributed by atoms with Crippen molar-refractivity contribution in [2.75, 3.05) is 37.7 Å². The summed E-state index contributed by atoms with van der Waals surface area (Å²) in [6, 6.07) is 13.2. The summed E-state index contributed by atoms with van der Waals surface area (Å²) in [5, 5.41) is 2.15. The fourth-order valence-electron chi connectivity index (χ4n) is 4.01. The SMILES string of the molecule is CS(=O)(=O)c1ccc(CN2CCC3=C(C2)CN(c2ccc4c(c2)OCO4)N3)cc1. The van der Waals surface area contributed by atoms with Gasteiger partial charge in [0.2, 0.25) is 6.79 Å². The van der Waals surface area contributed by atoms with E-state index in [4.69, 9.17) is 9.47 Å². The number of anilines is 1. The molecule has 1 N–H and O–H groups in total. The number of nitrogens with one attached hydrogen (secondary N) is 1. The molecule has 3 aliphatic rings. The van der Waals surface area contributed by atoms with E-state index in [-0.39, 0.29) is 6.79 Å². The summed E-state index contributed by atoms with van der Waals surface area (Å²) in [6.45, 7) is 3.79. The van der Waals surface area contributed by atoms with E-state index in [1.165, 1.54) is 17.5 Å². The molecule has 2 aromatic rings. The van der Waals surface area contributed by atoms with Gasteiger partial charge < -0.3 is 14.9 Å². The summed E-state index contributed by atoms with van der Waals surface area (Å²) in [5.74, 6) is 1.58. The number of hydrazine groups is 1. The fourth-order valence-corrected chi connectivity index (χ4v) is 4.64. The monoisotopic (exact) mass is 413 g/mol. The van der Waals surface area contributed by atoms with Crippen LogP contribution in [0.3, 0.4) is 0 Å². The molecule has 0 spiro atoms. The number of hydrogen-bond donors (Lipinski definition) is 1. The van der Waals surface area contributed by atoms with Crippen molar-refractivity contribution in [3.63, 3.8) is 0 Å². The van der Waals surface area contributed by atoms with Crippen molar-refractivity contribution in [2.24, 2.45) is 0 Å². The van der Waals surface area contributed by atoms with E-state index in [1.54, 1.807) is 12.1 Å². The molecule has 0 radical (unpaired) electrons. The van der Waals surface area contributed by atoms with Crippen LogP contribution in [0.2, 0.25) is 0 Å². The Hall–Kier alpha value is -2.71. The van der Waals surface area contributed by atoms with Crippen LogP contribution in [0.15, 0.2) is 58.6 Å². The van der Waals surface area contributed by atoms with E-state index in [0.717, 1.165) is 55.3 Å². The van der Waals surface area contributed by atoms with Gasteiger partial charge in [0.1, 0.15) is 0 Å². The van der Waals surface area contributed by atoms with E-state index < -0.39 is 9.84 Å². The second-order valence-corrected chi connectivity index (χ2v) is 9.71. The maximum absolute atomic E-state index is 11.6. The van der Waals surface area contributed by atoms with Crippen LogP contribution >= 0.6 is 0 Å². The van der Waals surface area contributed by atoms with Gasteiger partial charge in [-0.05, 0) is 35.4 Å². The lowest BCUT2D eigenvalue weighted by Gasteiger charge is -2.27. The Bertz CT molecular complexity index is 1080. The minimum absolute atomic E-state index is 0.279. The van der Waals surface area contributed by atoms with Crippen molar-refractivity contribution < 1.29 is 17.9 Å². The zero-order valence-electron chi connectivity index (χ0n) is 16.2. The highest BCUT2D eigenvalue weighted by atomic mass is 32.2. The summed E-state index contributed by atoms with van der Waals surface area (Å²) in [5.41, 5.74) is 8.41. The van der Waals surface area contributed by atoms with E-state index >= 15 is 0 Å². The Kier molecular flexibility index (Phi) is 4.40. The first-order chi connectivity index (χ1) is 14.0. The predicted molar refractivity (Wildman–Crippen MR) is 110 cm³/mol. The van der Waals surface area contributed by atoms with Gasteiger partial charge in [-0.25, -0.2) is 8.42 Å². The summed E-state index contributed by atoms with van der Waals surface area (Å²) in [6.07, 6.45) is 2.21. The number of sulfone groups is 1. The maximum Gasteiger partial charge on any atom is 0.231 e. The Balaban J connectivity index is 1.23. The van der Waals surface area contributed by atoms with Crippen LogP contribution in [-0.2, 0) is 16.4 Å². The molecule has 5 rings (SSSR count). The summed E-state index contributed by atoms with van der Waals surface area (Å²) < 4.78 is 34.1. The number of ether oxygens (including phenoxy) is 2. The lowest BCUT2D eigenvalue weighted by Crippen LogP contribution is -2.33. The smallest absolute Gasteiger partial charge is 0.231 e. The van der Waals surface area contributed by atoms with Gasteiger partial charge in [0, 0.05) is 44.1 Å². The van der Waals surface area contributed by atoms with Crippen LogP contribution in [0.4, 0.5) is 5.69 Å². The lowest BCUT2D eigenvalue weighted by atomic mass is 10.1. The molecule has 29 heavy (non-hydrogen) atoms. The Labute approximate surface area is 170 Å². The molecule has 0 saturated heterocycles. The van der Waals surface area contributed by atoms with Crippen LogP contribution < -0.4 is 19.9 Å².